The van der Waals surface area contributed by atoms with Crippen LogP contribution in [0.5, 0.6) is 0 Å². The molecule has 0 bridgehead atoms. The Morgan fingerprint density at radius 3 is 2.31 bits per heavy atom. The number of rotatable bonds is 10. The minimum Gasteiger partial charge on any atom is -0.358 e. The molecule has 2 aromatic rings. The maximum absolute atomic E-state index is 13.0. The van der Waals surface area contributed by atoms with Crippen molar-refractivity contribution in [1.29, 1.82) is 0 Å². The van der Waals surface area contributed by atoms with Gasteiger partial charge in [0.1, 0.15) is 12.3 Å². The summed E-state index contributed by atoms with van der Waals surface area (Å²) in [6.45, 7) is -0.0721. The number of carbonyl (C=O) groups excluding carboxylic acids is 1. The number of nitrogens with zero attached hydrogens (tertiary/aromatic N) is 3. The fourth-order valence-corrected chi connectivity index (χ4v) is 3.32. The van der Waals surface area contributed by atoms with Crippen molar-refractivity contribution in [3.05, 3.63) is 52.0 Å². The molecule has 0 radical (unpaired) electrons. The summed E-state index contributed by atoms with van der Waals surface area (Å²) in [6.07, 6.45) is -8.06. The maximum atomic E-state index is 13.0. The van der Waals surface area contributed by atoms with E-state index in [1.54, 1.807) is 6.92 Å². The molecular formula is C17H16F5N3O6S. The zero-order chi connectivity index (χ0) is 24.3. The van der Waals surface area contributed by atoms with E-state index < -0.39 is 70.4 Å². The Kier molecular flexibility index (Phi) is 7.34. The molecule has 0 saturated heterocycles. The largest absolute Gasteiger partial charge is 0.453 e. The fourth-order valence-electron chi connectivity index (χ4n) is 2.45. The second-order valence-corrected chi connectivity index (χ2v) is 8.29. The molecule has 1 aromatic carbocycles. The topological polar surface area (TPSA) is 121 Å². The van der Waals surface area contributed by atoms with E-state index in [0.29, 0.717) is 0 Å². The molecule has 0 N–H and O–H groups in total. The van der Waals surface area contributed by atoms with E-state index in [4.69, 9.17) is 4.18 Å². The van der Waals surface area contributed by atoms with E-state index in [1.807, 2.05) is 0 Å². The Hall–Kier alpha value is -2.94. The first-order valence-corrected chi connectivity index (χ1v) is 10.2. The second-order valence-electron chi connectivity index (χ2n) is 6.67. The van der Waals surface area contributed by atoms with Crippen LogP contribution in [0, 0.1) is 17.0 Å². The highest BCUT2D eigenvalue weighted by atomic mass is 32.2. The molecule has 0 amide bonds. The van der Waals surface area contributed by atoms with Gasteiger partial charge in [-0.15, -0.1) is 0 Å². The molecule has 0 unspecified atom stereocenters. The SMILES string of the molecule is Cc1ccc(S(=O)(=O)OCc2c([N+](=O)[O-])ncn2CC(=O)CCC(F)(F)C(F)(F)F)cc1. The van der Waals surface area contributed by atoms with Gasteiger partial charge in [-0.2, -0.15) is 30.4 Å². The molecule has 0 saturated carbocycles. The summed E-state index contributed by atoms with van der Waals surface area (Å²) in [5, 5.41) is 11.1. The molecule has 0 atom stereocenters. The Balaban J connectivity index is 2.16. The molecule has 32 heavy (non-hydrogen) atoms. The number of Topliss-reactive ketones (excluding diaryl/α,β-unsaturated/α-hetero) is 1. The Bertz CT molecular complexity index is 1100. The first-order valence-electron chi connectivity index (χ1n) is 8.75. The molecule has 9 nitrogen and oxygen atoms in total. The van der Waals surface area contributed by atoms with Crippen molar-refractivity contribution in [2.24, 2.45) is 0 Å². The minimum absolute atomic E-state index is 0.248. The van der Waals surface area contributed by atoms with Crippen LogP contribution < -0.4 is 0 Å². The summed E-state index contributed by atoms with van der Waals surface area (Å²) in [6, 6.07) is 5.44. The highest BCUT2D eigenvalue weighted by molar-refractivity contribution is 7.86. The number of nitro groups is 1. The lowest BCUT2D eigenvalue weighted by Gasteiger charge is -2.18. The summed E-state index contributed by atoms with van der Waals surface area (Å²) in [5.74, 6) is -7.06. The van der Waals surface area contributed by atoms with Crippen molar-refractivity contribution in [2.75, 3.05) is 0 Å². The number of benzene rings is 1. The van der Waals surface area contributed by atoms with Gasteiger partial charge in [-0.25, -0.2) is 0 Å². The quantitative estimate of drug-likeness (QED) is 0.218. The van der Waals surface area contributed by atoms with Crippen LogP contribution in [0.3, 0.4) is 0 Å². The number of halogens is 5. The van der Waals surface area contributed by atoms with Crippen LogP contribution in [0.2, 0.25) is 0 Å². The first kappa shape index (κ1) is 25.3. The van der Waals surface area contributed by atoms with Crippen LogP contribution in [0.1, 0.15) is 24.1 Å². The van der Waals surface area contributed by atoms with Crippen molar-refractivity contribution >= 4 is 21.7 Å². The van der Waals surface area contributed by atoms with Gasteiger partial charge in [0.05, 0.1) is 11.4 Å². The number of aryl methyl sites for hydroxylation is 1. The van der Waals surface area contributed by atoms with E-state index >= 15 is 0 Å². The highest BCUT2D eigenvalue weighted by Gasteiger charge is 2.56. The lowest BCUT2D eigenvalue weighted by Crippen LogP contribution is -2.36. The van der Waals surface area contributed by atoms with E-state index in [1.165, 1.54) is 24.3 Å². The van der Waals surface area contributed by atoms with Gasteiger partial charge in [0.2, 0.25) is 6.33 Å². The lowest BCUT2D eigenvalue weighted by molar-refractivity contribution is -0.390. The maximum Gasteiger partial charge on any atom is 0.453 e. The van der Waals surface area contributed by atoms with Gasteiger partial charge < -0.3 is 10.1 Å². The van der Waals surface area contributed by atoms with Crippen LogP contribution in [-0.2, 0) is 32.2 Å². The molecule has 0 aliphatic carbocycles. The van der Waals surface area contributed by atoms with Gasteiger partial charge in [0.15, 0.2) is 5.78 Å². The van der Waals surface area contributed by atoms with Gasteiger partial charge in [-0.3, -0.25) is 13.5 Å². The van der Waals surface area contributed by atoms with Crippen molar-refractivity contribution in [3.8, 4) is 0 Å². The fraction of sp³-hybridized carbons (Fsp3) is 0.412. The van der Waals surface area contributed by atoms with Gasteiger partial charge in [0, 0.05) is 12.8 Å². The normalized spacial score (nSPS) is 12.7. The summed E-state index contributed by atoms with van der Waals surface area (Å²) in [4.78, 5) is 25.2. The number of hydrogen-bond acceptors (Lipinski definition) is 7. The Labute approximate surface area is 178 Å². The Morgan fingerprint density at radius 1 is 1.19 bits per heavy atom. The molecule has 1 aromatic heterocycles. The molecule has 0 spiro atoms. The number of imidazole rings is 1. The van der Waals surface area contributed by atoms with E-state index in [0.717, 1.165) is 16.5 Å². The molecule has 2 rings (SSSR count). The van der Waals surface area contributed by atoms with Crippen LogP contribution in [-0.4, -0.2) is 40.8 Å². The van der Waals surface area contributed by atoms with Crippen molar-refractivity contribution < 1.29 is 44.3 Å². The smallest absolute Gasteiger partial charge is 0.358 e. The standard InChI is InChI=1S/C17H16F5N3O6S/c1-11-2-4-13(5-3-11)32(29,30)31-9-14-15(25(27)28)23-10-24(14)8-12(26)6-7-16(18,19)17(20,21)22/h2-5,10H,6-9H2,1H3. The van der Waals surface area contributed by atoms with Crippen LogP contribution >= 0.6 is 0 Å². The molecule has 0 aliphatic heterocycles. The number of alkyl halides is 5. The summed E-state index contributed by atoms with van der Waals surface area (Å²) in [7, 11) is -4.36. The molecular weight excluding hydrogens is 469 g/mol. The molecule has 1 heterocycles. The average molecular weight is 485 g/mol. The predicted molar refractivity (Wildman–Crippen MR) is 97.3 cm³/mol. The molecule has 0 aliphatic rings. The van der Waals surface area contributed by atoms with Crippen molar-refractivity contribution in [2.45, 2.75) is 49.9 Å². The average Bonchev–Trinajstić information content (AvgIpc) is 3.07. The zero-order valence-corrected chi connectivity index (χ0v) is 17.1. The van der Waals surface area contributed by atoms with Gasteiger partial charge in [-0.1, -0.05) is 17.7 Å². The van der Waals surface area contributed by atoms with Gasteiger partial charge in [0.25, 0.3) is 10.1 Å². The molecule has 15 heteroatoms. The van der Waals surface area contributed by atoms with E-state index in [-0.39, 0.29) is 4.90 Å². The van der Waals surface area contributed by atoms with Crippen molar-refractivity contribution in [3.63, 3.8) is 0 Å². The number of carbonyl (C=O) groups is 1. The lowest BCUT2D eigenvalue weighted by atomic mass is 10.1. The second kappa shape index (κ2) is 9.28. The van der Waals surface area contributed by atoms with Crippen molar-refractivity contribution in [1.82, 2.24) is 9.55 Å². The number of hydrogen-bond donors (Lipinski definition) is 0. The van der Waals surface area contributed by atoms with E-state index in [2.05, 4.69) is 4.98 Å². The zero-order valence-electron chi connectivity index (χ0n) is 16.3. The summed E-state index contributed by atoms with van der Waals surface area (Å²) < 4.78 is 92.7. The third kappa shape index (κ3) is 6.06. The third-order valence-corrected chi connectivity index (χ3v) is 5.51. The van der Waals surface area contributed by atoms with Gasteiger partial charge in [-0.05, 0) is 29.0 Å². The van der Waals surface area contributed by atoms with E-state index in [9.17, 15) is 45.3 Å². The predicted octanol–water partition coefficient (Wildman–Crippen LogP) is 3.55. The first-order chi connectivity index (χ1) is 14.6. The van der Waals surface area contributed by atoms with Crippen LogP contribution in [0.4, 0.5) is 27.8 Å². The monoisotopic (exact) mass is 485 g/mol. The van der Waals surface area contributed by atoms with Gasteiger partial charge >= 0.3 is 17.9 Å². The Morgan fingerprint density at radius 2 is 1.78 bits per heavy atom. The summed E-state index contributed by atoms with van der Waals surface area (Å²) >= 11 is 0. The number of aromatic nitrogens is 2. The summed E-state index contributed by atoms with van der Waals surface area (Å²) in [5.41, 5.74) is 0.272. The third-order valence-electron chi connectivity index (χ3n) is 4.24. The van der Waals surface area contributed by atoms with Crippen LogP contribution in [0.15, 0.2) is 35.5 Å². The van der Waals surface area contributed by atoms with Crippen LogP contribution in [0.25, 0.3) is 0 Å². The highest BCUT2D eigenvalue weighted by Crippen LogP contribution is 2.38. The molecule has 0 fully saturated rings. The molecule has 176 valence electrons. The minimum atomic E-state index is -5.83. The number of ketones is 1.